The Morgan fingerprint density at radius 2 is 1.91 bits per heavy atom. The van der Waals surface area contributed by atoms with Gasteiger partial charge in [-0.15, -0.1) is 0 Å². The maximum absolute atomic E-state index is 13.0. The molecule has 0 spiro atoms. The first-order valence-corrected chi connectivity index (χ1v) is 7.36. The number of para-hydroxylation sites is 1. The first-order chi connectivity index (χ1) is 10.7. The van der Waals surface area contributed by atoms with E-state index in [0.717, 1.165) is 25.1 Å². The van der Waals surface area contributed by atoms with Crippen molar-refractivity contribution < 1.29 is 14.3 Å². The summed E-state index contributed by atoms with van der Waals surface area (Å²) in [5, 5.41) is 0. The molecule has 1 aliphatic rings. The van der Waals surface area contributed by atoms with E-state index >= 15 is 0 Å². The van der Waals surface area contributed by atoms with E-state index in [9.17, 15) is 4.79 Å². The van der Waals surface area contributed by atoms with E-state index in [1.807, 2.05) is 23.1 Å². The fourth-order valence-electron chi connectivity index (χ4n) is 2.87. The number of amides is 1. The zero-order valence-corrected chi connectivity index (χ0v) is 12.8. The van der Waals surface area contributed by atoms with Crippen molar-refractivity contribution in [1.29, 1.82) is 0 Å². The van der Waals surface area contributed by atoms with Gasteiger partial charge in [-0.1, -0.05) is 18.2 Å². The molecular formula is C18H19NO3. The van der Waals surface area contributed by atoms with Gasteiger partial charge in [0.15, 0.2) is 0 Å². The van der Waals surface area contributed by atoms with E-state index in [2.05, 4.69) is 6.07 Å². The van der Waals surface area contributed by atoms with Crippen molar-refractivity contribution in [3.8, 4) is 11.5 Å². The average molecular weight is 297 g/mol. The molecule has 3 rings (SSSR count). The standard InChI is InChI=1S/C18H19NO3/c1-21-14-9-10-17(22-2)15(12-14)18(20)19-11-5-7-13-6-3-4-8-16(13)19/h3-4,6,8-10,12H,5,7,11H2,1-2H3. The van der Waals surface area contributed by atoms with Crippen LogP contribution in [0.5, 0.6) is 11.5 Å². The summed E-state index contributed by atoms with van der Waals surface area (Å²) in [5.74, 6) is 1.16. The van der Waals surface area contributed by atoms with Gasteiger partial charge in [-0.25, -0.2) is 0 Å². The Kier molecular flexibility index (Phi) is 4.00. The van der Waals surface area contributed by atoms with Crippen LogP contribution in [0.1, 0.15) is 22.3 Å². The number of nitrogens with zero attached hydrogens (tertiary/aromatic N) is 1. The minimum Gasteiger partial charge on any atom is -0.497 e. The van der Waals surface area contributed by atoms with Crippen LogP contribution in [0.3, 0.4) is 0 Å². The number of aryl methyl sites for hydroxylation is 1. The third kappa shape index (κ3) is 2.52. The molecule has 0 bridgehead atoms. The highest BCUT2D eigenvalue weighted by Crippen LogP contribution is 2.31. The molecule has 4 heteroatoms. The van der Waals surface area contributed by atoms with Gasteiger partial charge in [0, 0.05) is 12.2 Å². The number of benzene rings is 2. The van der Waals surface area contributed by atoms with Crippen LogP contribution in [0.15, 0.2) is 42.5 Å². The third-order valence-corrected chi connectivity index (χ3v) is 3.99. The molecule has 1 aliphatic heterocycles. The molecule has 0 saturated carbocycles. The number of methoxy groups -OCH3 is 2. The van der Waals surface area contributed by atoms with Gasteiger partial charge in [-0.3, -0.25) is 4.79 Å². The van der Waals surface area contributed by atoms with E-state index in [0.29, 0.717) is 17.1 Å². The lowest BCUT2D eigenvalue weighted by molar-refractivity contribution is 0.0982. The van der Waals surface area contributed by atoms with E-state index in [4.69, 9.17) is 9.47 Å². The van der Waals surface area contributed by atoms with Crippen LogP contribution >= 0.6 is 0 Å². The minimum absolute atomic E-state index is 0.0529. The van der Waals surface area contributed by atoms with E-state index < -0.39 is 0 Å². The smallest absolute Gasteiger partial charge is 0.262 e. The SMILES string of the molecule is COc1ccc(OC)c(C(=O)N2CCCc3ccccc32)c1. The maximum Gasteiger partial charge on any atom is 0.262 e. The van der Waals surface area contributed by atoms with Crippen molar-refractivity contribution in [3.05, 3.63) is 53.6 Å². The van der Waals surface area contributed by atoms with E-state index in [1.54, 1.807) is 32.4 Å². The van der Waals surface area contributed by atoms with Gasteiger partial charge in [-0.05, 0) is 42.7 Å². The van der Waals surface area contributed by atoms with Crippen LogP contribution in [0.25, 0.3) is 0 Å². The Morgan fingerprint density at radius 3 is 2.68 bits per heavy atom. The summed E-state index contributed by atoms with van der Waals surface area (Å²) in [6, 6.07) is 13.4. The van der Waals surface area contributed by atoms with Crippen LogP contribution in [0.4, 0.5) is 5.69 Å². The Balaban J connectivity index is 2.02. The number of hydrogen-bond donors (Lipinski definition) is 0. The molecule has 1 heterocycles. The Labute approximate surface area is 130 Å². The number of carbonyl (C=O) groups excluding carboxylic acids is 1. The van der Waals surface area contributed by atoms with E-state index in [1.165, 1.54) is 5.56 Å². The van der Waals surface area contributed by atoms with Gasteiger partial charge in [0.05, 0.1) is 19.8 Å². The van der Waals surface area contributed by atoms with Gasteiger partial charge in [0.2, 0.25) is 0 Å². The molecule has 1 amide bonds. The molecule has 2 aromatic carbocycles. The van der Waals surface area contributed by atoms with Crippen molar-refractivity contribution in [2.45, 2.75) is 12.8 Å². The second-order valence-corrected chi connectivity index (χ2v) is 5.26. The van der Waals surface area contributed by atoms with Crippen molar-refractivity contribution in [2.24, 2.45) is 0 Å². The molecule has 0 saturated heterocycles. The quantitative estimate of drug-likeness (QED) is 0.872. The third-order valence-electron chi connectivity index (χ3n) is 3.99. The second kappa shape index (κ2) is 6.10. The lowest BCUT2D eigenvalue weighted by Crippen LogP contribution is -2.35. The van der Waals surface area contributed by atoms with Crippen molar-refractivity contribution in [1.82, 2.24) is 0 Å². The molecule has 0 aliphatic carbocycles. The van der Waals surface area contributed by atoms with Crippen LogP contribution in [-0.4, -0.2) is 26.7 Å². The summed E-state index contributed by atoms with van der Waals surface area (Å²) in [4.78, 5) is 14.8. The Morgan fingerprint density at radius 1 is 1.09 bits per heavy atom. The van der Waals surface area contributed by atoms with Crippen molar-refractivity contribution >= 4 is 11.6 Å². The summed E-state index contributed by atoms with van der Waals surface area (Å²) < 4.78 is 10.6. The monoisotopic (exact) mass is 297 g/mol. The van der Waals surface area contributed by atoms with Gasteiger partial charge in [-0.2, -0.15) is 0 Å². The summed E-state index contributed by atoms with van der Waals surface area (Å²) in [5.41, 5.74) is 2.73. The molecular weight excluding hydrogens is 278 g/mol. The summed E-state index contributed by atoms with van der Waals surface area (Å²) >= 11 is 0. The molecule has 0 N–H and O–H groups in total. The van der Waals surface area contributed by atoms with Gasteiger partial charge in [0.25, 0.3) is 5.91 Å². The number of carbonyl (C=O) groups is 1. The maximum atomic E-state index is 13.0. The zero-order valence-electron chi connectivity index (χ0n) is 12.8. The largest absolute Gasteiger partial charge is 0.497 e. The highest BCUT2D eigenvalue weighted by Gasteiger charge is 2.25. The topological polar surface area (TPSA) is 38.8 Å². The van der Waals surface area contributed by atoms with Crippen molar-refractivity contribution in [3.63, 3.8) is 0 Å². The summed E-state index contributed by atoms with van der Waals surface area (Å²) in [6.45, 7) is 0.718. The molecule has 0 aromatic heterocycles. The van der Waals surface area contributed by atoms with E-state index in [-0.39, 0.29) is 5.91 Å². The average Bonchev–Trinajstić information content (AvgIpc) is 2.60. The number of fused-ring (bicyclic) bond motifs is 1. The highest BCUT2D eigenvalue weighted by molar-refractivity contribution is 6.08. The number of anilines is 1. The first kappa shape index (κ1) is 14.4. The molecule has 22 heavy (non-hydrogen) atoms. The Hall–Kier alpha value is -2.49. The molecule has 0 fully saturated rings. The van der Waals surface area contributed by atoms with Crippen LogP contribution in [-0.2, 0) is 6.42 Å². The Bertz CT molecular complexity index is 696. The van der Waals surface area contributed by atoms with Gasteiger partial charge in [0.1, 0.15) is 11.5 Å². The highest BCUT2D eigenvalue weighted by atomic mass is 16.5. The number of hydrogen-bond acceptors (Lipinski definition) is 3. The predicted octanol–water partition coefficient (Wildman–Crippen LogP) is 3.30. The van der Waals surface area contributed by atoms with Gasteiger partial charge >= 0.3 is 0 Å². The fourth-order valence-corrected chi connectivity index (χ4v) is 2.87. The minimum atomic E-state index is -0.0529. The molecule has 0 unspecified atom stereocenters. The van der Waals surface area contributed by atoms with Crippen LogP contribution in [0.2, 0.25) is 0 Å². The molecule has 0 radical (unpaired) electrons. The van der Waals surface area contributed by atoms with Crippen LogP contribution < -0.4 is 14.4 Å². The molecule has 2 aromatic rings. The normalized spacial score (nSPS) is 13.5. The molecule has 114 valence electrons. The molecule has 4 nitrogen and oxygen atoms in total. The summed E-state index contributed by atoms with van der Waals surface area (Å²) in [6.07, 6.45) is 1.98. The predicted molar refractivity (Wildman–Crippen MR) is 86.0 cm³/mol. The molecule has 0 atom stereocenters. The second-order valence-electron chi connectivity index (χ2n) is 5.26. The number of ether oxygens (including phenoxy) is 2. The number of rotatable bonds is 3. The fraction of sp³-hybridized carbons (Fsp3) is 0.278. The van der Waals surface area contributed by atoms with Crippen LogP contribution in [0, 0.1) is 0 Å². The summed E-state index contributed by atoms with van der Waals surface area (Å²) in [7, 11) is 3.16. The lowest BCUT2D eigenvalue weighted by Gasteiger charge is -2.30. The lowest BCUT2D eigenvalue weighted by atomic mass is 10.0. The van der Waals surface area contributed by atoms with Gasteiger partial charge < -0.3 is 14.4 Å². The zero-order chi connectivity index (χ0) is 15.5. The first-order valence-electron chi connectivity index (χ1n) is 7.36. The van der Waals surface area contributed by atoms with Crippen molar-refractivity contribution in [2.75, 3.05) is 25.7 Å².